The molecule has 1 N–H and O–H groups in total. The standard InChI is InChI=1S/C20H27N5O/c1-19-10-8-18(26)21-11-13(19)3-4-14-15-5-6-17(25-12-22-23-24-25)20(15,2)9-7-16(14)19/h6,11-12,14-16H,3-5,7-10H2,1-2H3,(H,21,26)/t14?,15?,16?,19-,20-/m0/s1. The molecule has 6 nitrogen and oxygen atoms in total. The summed E-state index contributed by atoms with van der Waals surface area (Å²) < 4.78 is 1.88. The van der Waals surface area contributed by atoms with E-state index in [1.54, 1.807) is 6.33 Å². The van der Waals surface area contributed by atoms with E-state index in [4.69, 9.17) is 0 Å². The van der Waals surface area contributed by atoms with E-state index in [-0.39, 0.29) is 16.7 Å². The van der Waals surface area contributed by atoms with Gasteiger partial charge in [-0.2, -0.15) is 0 Å². The number of amides is 1. The third-order valence-corrected chi connectivity index (χ3v) is 8.15. The average Bonchev–Trinajstić information content (AvgIpc) is 3.22. The van der Waals surface area contributed by atoms with Gasteiger partial charge in [0.25, 0.3) is 0 Å². The van der Waals surface area contributed by atoms with Gasteiger partial charge >= 0.3 is 0 Å². The molecule has 3 unspecified atom stereocenters. The normalized spacial score (nSPS) is 41.9. The number of carbonyl (C=O) groups is 1. The van der Waals surface area contributed by atoms with Crippen molar-refractivity contribution in [1.29, 1.82) is 0 Å². The Hall–Kier alpha value is -1.98. The van der Waals surface area contributed by atoms with Crippen molar-refractivity contribution in [3.05, 3.63) is 24.2 Å². The van der Waals surface area contributed by atoms with E-state index >= 15 is 0 Å². The summed E-state index contributed by atoms with van der Waals surface area (Å²) in [6.45, 7) is 4.84. The van der Waals surface area contributed by atoms with Crippen LogP contribution < -0.4 is 5.32 Å². The van der Waals surface area contributed by atoms with Gasteiger partial charge in [0.2, 0.25) is 5.91 Å². The van der Waals surface area contributed by atoms with Crippen LogP contribution in [0.5, 0.6) is 0 Å². The van der Waals surface area contributed by atoms with Crippen molar-refractivity contribution in [3.63, 3.8) is 0 Å². The quantitative estimate of drug-likeness (QED) is 0.842. The number of nitrogens with zero attached hydrogens (tertiary/aromatic N) is 4. The van der Waals surface area contributed by atoms with Gasteiger partial charge in [-0.3, -0.25) is 4.79 Å². The molecule has 1 aromatic rings. The number of aromatic nitrogens is 4. The predicted octanol–water partition coefficient (Wildman–Crippen LogP) is 3.16. The number of carbonyl (C=O) groups excluding carboxylic acids is 1. The molecule has 0 spiro atoms. The van der Waals surface area contributed by atoms with Crippen molar-refractivity contribution >= 4 is 11.6 Å². The van der Waals surface area contributed by atoms with Gasteiger partial charge in [0, 0.05) is 23.7 Å². The van der Waals surface area contributed by atoms with E-state index in [2.05, 4.69) is 40.8 Å². The van der Waals surface area contributed by atoms with E-state index in [0.717, 1.165) is 19.3 Å². The zero-order chi connectivity index (χ0) is 17.9. The molecule has 0 saturated heterocycles. The first-order valence-corrected chi connectivity index (χ1v) is 9.95. The smallest absolute Gasteiger partial charge is 0.223 e. The highest BCUT2D eigenvalue weighted by Crippen LogP contribution is 2.65. The van der Waals surface area contributed by atoms with Crippen LogP contribution in [0, 0.1) is 28.6 Å². The molecule has 4 aliphatic rings. The Morgan fingerprint density at radius 1 is 1.15 bits per heavy atom. The number of nitrogens with one attached hydrogen (secondary N) is 1. The molecule has 0 bridgehead atoms. The highest BCUT2D eigenvalue weighted by Gasteiger charge is 2.57. The molecule has 3 aliphatic carbocycles. The second-order valence-electron chi connectivity index (χ2n) is 9.11. The Morgan fingerprint density at radius 2 is 2.04 bits per heavy atom. The molecule has 1 aromatic heterocycles. The van der Waals surface area contributed by atoms with Crippen molar-refractivity contribution in [1.82, 2.24) is 25.5 Å². The highest BCUT2D eigenvalue weighted by atomic mass is 16.1. The molecule has 6 heteroatoms. The number of allylic oxidation sites excluding steroid dienone is 3. The number of hydrogen-bond acceptors (Lipinski definition) is 4. The number of fused-ring (bicyclic) bond motifs is 5. The van der Waals surface area contributed by atoms with Gasteiger partial charge in [0.05, 0.1) is 0 Å². The fourth-order valence-electron chi connectivity index (χ4n) is 6.69. The van der Waals surface area contributed by atoms with Crippen LogP contribution in [0.3, 0.4) is 0 Å². The van der Waals surface area contributed by atoms with Crippen LogP contribution in [0.25, 0.3) is 5.70 Å². The van der Waals surface area contributed by atoms with Crippen LogP contribution in [0.2, 0.25) is 0 Å². The molecule has 2 heterocycles. The summed E-state index contributed by atoms with van der Waals surface area (Å²) in [5.41, 5.74) is 3.09. The van der Waals surface area contributed by atoms with Crippen LogP contribution in [0.4, 0.5) is 0 Å². The molecule has 0 radical (unpaired) electrons. The average molecular weight is 353 g/mol. The molecule has 138 valence electrons. The Bertz CT molecular complexity index is 797. The zero-order valence-electron chi connectivity index (χ0n) is 15.6. The van der Waals surface area contributed by atoms with Gasteiger partial charge in [-0.1, -0.05) is 19.9 Å². The third-order valence-electron chi connectivity index (χ3n) is 8.15. The van der Waals surface area contributed by atoms with Gasteiger partial charge in [-0.15, -0.1) is 5.10 Å². The molecule has 26 heavy (non-hydrogen) atoms. The second-order valence-corrected chi connectivity index (χ2v) is 9.11. The Morgan fingerprint density at radius 3 is 2.85 bits per heavy atom. The van der Waals surface area contributed by atoms with E-state index < -0.39 is 0 Å². The lowest BCUT2D eigenvalue weighted by Crippen LogP contribution is -2.49. The Labute approximate surface area is 154 Å². The summed E-state index contributed by atoms with van der Waals surface area (Å²) in [6, 6.07) is 0. The summed E-state index contributed by atoms with van der Waals surface area (Å²) in [5.74, 6) is 2.23. The van der Waals surface area contributed by atoms with Gasteiger partial charge in [-0.05, 0) is 77.7 Å². The fourth-order valence-corrected chi connectivity index (χ4v) is 6.69. The molecule has 5 atom stereocenters. The minimum atomic E-state index is 0.160. The van der Waals surface area contributed by atoms with E-state index in [9.17, 15) is 4.79 Å². The largest absolute Gasteiger partial charge is 0.333 e. The van der Waals surface area contributed by atoms with Gasteiger partial charge in [0.15, 0.2) is 0 Å². The number of hydrogen-bond donors (Lipinski definition) is 1. The third kappa shape index (κ3) is 2.10. The maximum absolute atomic E-state index is 12.0. The van der Waals surface area contributed by atoms with Gasteiger partial charge < -0.3 is 5.32 Å². The topological polar surface area (TPSA) is 72.7 Å². The van der Waals surface area contributed by atoms with Gasteiger partial charge in [0.1, 0.15) is 6.33 Å². The van der Waals surface area contributed by atoms with Crippen molar-refractivity contribution in [2.45, 2.75) is 58.8 Å². The van der Waals surface area contributed by atoms with Gasteiger partial charge in [-0.25, -0.2) is 4.68 Å². The van der Waals surface area contributed by atoms with Crippen molar-refractivity contribution in [2.75, 3.05) is 0 Å². The second kappa shape index (κ2) is 5.51. The Balaban J connectivity index is 1.47. The van der Waals surface area contributed by atoms with Crippen LogP contribution in [0.1, 0.15) is 58.8 Å². The van der Waals surface area contributed by atoms with E-state index in [1.165, 1.54) is 30.5 Å². The van der Waals surface area contributed by atoms with Crippen molar-refractivity contribution in [2.24, 2.45) is 28.6 Å². The fraction of sp³-hybridized carbons (Fsp3) is 0.700. The van der Waals surface area contributed by atoms with E-state index in [0.29, 0.717) is 24.2 Å². The maximum atomic E-state index is 12.0. The van der Waals surface area contributed by atoms with Crippen LogP contribution in [0.15, 0.2) is 24.2 Å². The van der Waals surface area contributed by atoms with Crippen LogP contribution >= 0.6 is 0 Å². The summed E-state index contributed by atoms with van der Waals surface area (Å²) in [4.78, 5) is 12.0. The summed E-state index contributed by atoms with van der Waals surface area (Å²) >= 11 is 0. The monoisotopic (exact) mass is 353 g/mol. The van der Waals surface area contributed by atoms with Crippen molar-refractivity contribution < 1.29 is 4.79 Å². The lowest BCUT2D eigenvalue weighted by molar-refractivity contribution is -0.120. The molecule has 1 amide bonds. The zero-order valence-corrected chi connectivity index (χ0v) is 15.6. The molecule has 2 saturated carbocycles. The summed E-state index contributed by atoms with van der Waals surface area (Å²) in [6.07, 6.45) is 13.7. The van der Waals surface area contributed by atoms with Crippen LogP contribution in [-0.4, -0.2) is 26.1 Å². The van der Waals surface area contributed by atoms with Crippen molar-refractivity contribution in [3.8, 4) is 0 Å². The molecule has 5 rings (SSSR count). The summed E-state index contributed by atoms with van der Waals surface area (Å²) in [5, 5.41) is 14.9. The highest BCUT2D eigenvalue weighted by molar-refractivity contribution is 5.77. The molecular weight excluding hydrogens is 326 g/mol. The molecule has 1 aliphatic heterocycles. The first-order chi connectivity index (χ1) is 12.5. The first-order valence-electron chi connectivity index (χ1n) is 9.95. The maximum Gasteiger partial charge on any atom is 0.223 e. The SMILES string of the molecule is C[C@]12CCC(=O)NC=C1CCC1C2CC[C@]2(C)C(n3cnnn3)=CCC12. The first kappa shape index (κ1) is 16.2. The minimum absolute atomic E-state index is 0.160. The molecular formula is C20H27N5O. The minimum Gasteiger partial charge on any atom is -0.333 e. The summed E-state index contributed by atoms with van der Waals surface area (Å²) in [7, 11) is 0. The number of rotatable bonds is 1. The number of tetrazole rings is 1. The van der Waals surface area contributed by atoms with Crippen LogP contribution in [-0.2, 0) is 4.79 Å². The lowest BCUT2D eigenvalue weighted by Gasteiger charge is -2.56. The lowest BCUT2D eigenvalue weighted by atomic mass is 9.48. The molecule has 0 aromatic carbocycles. The Kier molecular flexibility index (Phi) is 3.43. The predicted molar refractivity (Wildman–Crippen MR) is 97.3 cm³/mol. The molecule has 2 fully saturated rings. The van der Waals surface area contributed by atoms with E-state index in [1.807, 2.05) is 10.9 Å².